The topological polar surface area (TPSA) is 90.2 Å². The van der Waals surface area contributed by atoms with Gasteiger partial charge in [0, 0.05) is 32.7 Å². The summed E-state index contributed by atoms with van der Waals surface area (Å²) in [5, 5.41) is 28.6. The summed E-state index contributed by atoms with van der Waals surface area (Å²) in [6.07, 6.45) is 34.0. The van der Waals surface area contributed by atoms with Gasteiger partial charge in [-0.25, -0.2) is 0 Å². The number of hydrogen-bond acceptors (Lipinski definition) is 5. The van der Waals surface area contributed by atoms with Crippen molar-refractivity contribution < 1.29 is 24.9 Å². The first-order valence-electron chi connectivity index (χ1n) is 18.9. The average molecular weight is 614 g/mol. The Bertz CT molecular complexity index is 547. The van der Waals surface area contributed by atoms with Gasteiger partial charge in [-0.3, -0.25) is 4.79 Å². The van der Waals surface area contributed by atoms with Crippen LogP contribution in [0.1, 0.15) is 187 Å². The molecule has 0 aliphatic rings. The summed E-state index contributed by atoms with van der Waals surface area (Å²) in [5.41, 5.74) is 0. The maximum absolute atomic E-state index is 12.7. The van der Waals surface area contributed by atoms with E-state index in [1.54, 1.807) is 4.90 Å². The highest BCUT2D eigenvalue weighted by atomic mass is 16.5. The molecule has 0 heterocycles. The Labute approximate surface area is 267 Å². The molecule has 1 atom stereocenters. The molecular formula is C37H75NO5. The van der Waals surface area contributed by atoms with Gasteiger partial charge in [0.25, 0.3) is 0 Å². The van der Waals surface area contributed by atoms with Crippen molar-refractivity contribution in [2.24, 2.45) is 0 Å². The Kier molecular flexibility index (Phi) is 35.2. The van der Waals surface area contributed by atoms with Gasteiger partial charge in [-0.1, -0.05) is 161 Å². The van der Waals surface area contributed by atoms with Crippen LogP contribution in [-0.4, -0.2) is 71.7 Å². The number of aliphatic hydroxyl groups excluding tert-OH is 3. The van der Waals surface area contributed by atoms with Crippen LogP contribution in [0.3, 0.4) is 0 Å². The van der Waals surface area contributed by atoms with E-state index in [0.717, 1.165) is 32.1 Å². The molecule has 43 heavy (non-hydrogen) atoms. The molecule has 0 fully saturated rings. The van der Waals surface area contributed by atoms with Crippen LogP contribution in [0.25, 0.3) is 0 Å². The fourth-order valence-corrected chi connectivity index (χ4v) is 5.85. The van der Waals surface area contributed by atoms with Crippen molar-refractivity contribution in [3.05, 3.63) is 0 Å². The lowest BCUT2D eigenvalue weighted by Gasteiger charge is -2.24. The van der Waals surface area contributed by atoms with E-state index in [9.17, 15) is 15.0 Å². The van der Waals surface area contributed by atoms with Crippen molar-refractivity contribution in [3.8, 4) is 0 Å². The Balaban J connectivity index is 3.61. The first kappa shape index (κ1) is 42.3. The monoisotopic (exact) mass is 614 g/mol. The molecule has 0 rings (SSSR count). The Morgan fingerprint density at radius 1 is 0.558 bits per heavy atom. The van der Waals surface area contributed by atoms with Gasteiger partial charge in [-0.15, -0.1) is 0 Å². The Hall–Kier alpha value is -0.690. The van der Waals surface area contributed by atoms with Gasteiger partial charge < -0.3 is 25.0 Å². The van der Waals surface area contributed by atoms with Crippen LogP contribution in [0.15, 0.2) is 0 Å². The van der Waals surface area contributed by atoms with E-state index in [4.69, 9.17) is 9.84 Å². The third-order valence-electron chi connectivity index (χ3n) is 8.65. The standard InChI is InChI=1S/C37H75NO5/c1-2-3-4-5-6-7-8-9-13-16-19-22-25-28-33-43-35-36(41)34-38(30-32-40)37(42)29-26-23-20-17-14-11-10-12-15-18-21-24-27-31-39/h36,39-41H,2-35H2,1H3. The smallest absolute Gasteiger partial charge is 0.222 e. The second kappa shape index (κ2) is 35.8. The summed E-state index contributed by atoms with van der Waals surface area (Å²) in [7, 11) is 0. The lowest BCUT2D eigenvalue weighted by molar-refractivity contribution is -0.134. The van der Waals surface area contributed by atoms with Crippen molar-refractivity contribution in [1.82, 2.24) is 4.90 Å². The van der Waals surface area contributed by atoms with Crippen LogP contribution in [0.5, 0.6) is 0 Å². The molecule has 258 valence electrons. The molecule has 0 spiro atoms. The number of unbranched alkanes of at least 4 members (excludes halogenated alkanes) is 25. The van der Waals surface area contributed by atoms with Crippen molar-refractivity contribution in [2.75, 3.05) is 39.5 Å². The summed E-state index contributed by atoms with van der Waals surface area (Å²) in [5.74, 6) is 0.0269. The molecule has 1 amide bonds. The molecule has 0 saturated carbocycles. The van der Waals surface area contributed by atoms with Gasteiger partial charge in [0.2, 0.25) is 5.91 Å². The van der Waals surface area contributed by atoms with Gasteiger partial charge in [0.1, 0.15) is 0 Å². The Morgan fingerprint density at radius 3 is 1.37 bits per heavy atom. The van der Waals surface area contributed by atoms with E-state index < -0.39 is 6.10 Å². The quantitative estimate of drug-likeness (QED) is 0.0613. The molecular weight excluding hydrogens is 538 g/mol. The number of rotatable bonds is 36. The van der Waals surface area contributed by atoms with Crippen molar-refractivity contribution in [3.63, 3.8) is 0 Å². The van der Waals surface area contributed by atoms with E-state index in [2.05, 4.69) is 6.92 Å². The van der Waals surface area contributed by atoms with Crippen molar-refractivity contribution in [1.29, 1.82) is 0 Å². The number of carbonyl (C=O) groups is 1. The minimum atomic E-state index is -0.706. The van der Waals surface area contributed by atoms with Crippen molar-refractivity contribution >= 4 is 5.91 Å². The molecule has 0 aliphatic carbocycles. The SMILES string of the molecule is CCCCCCCCCCCCCCCCOCC(O)CN(CCO)C(=O)CCCCCCCCCCCCCCCO. The van der Waals surface area contributed by atoms with Crippen molar-refractivity contribution in [2.45, 2.75) is 193 Å². The van der Waals surface area contributed by atoms with Crippen LogP contribution in [0, 0.1) is 0 Å². The second-order valence-corrected chi connectivity index (χ2v) is 13.0. The van der Waals surface area contributed by atoms with Gasteiger partial charge in [0.15, 0.2) is 0 Å². The minimum absolute atomic E-state index is 0.0269. The fourth-order valence-electron chi connectivity index (χ4n) is 5.85. The van der Waals surface area contributed by atoms with Crippen LogP contribution in [0.4, 0.5) is 0 Å². The van der Waals surface area contributed by atoms with Crippen LogP contribution in [0.2, 0.25) is 0 Å². The summed E-state index contributed by atoms with van der Waals surface area (Å²) in [6.45, 7) is 3.94. The first-order valence-corrected chi connectivity index (χ1v) is 18.9. The first-order chi connectivity index (χ1) is 21.2. The molecule has 0 saturated heterocycles. The maximum atomic E-state index is 12.7. The molecule has 3 N–H and O–H groups in total. The number of nitrogens with zero attached hydrogens (tertiary/aromatic N) is 1. The summed E-state index contributed by atoms with van der Waals surface area (Å²) in [6, 6.07) is 0. The molecule has 0 radical (unpaired) electrons. The molecule has 1 unspecified atom stereocenters. The zero-order valence-corrected chi connectivity index (χ0v) is 28.7. The Morgan fingerprint density at radius 2 is 0.953 bits per heavy atom. The summed E-state index contributed by atoms with van der Waals surface area (Å²) in [4.78, 5) is 14.3. The van der Waals surface area contributed by atoms with E-state index in [1.807, 2.05) is 0 Å². The third-order valence-corrected chi connectivity index (χ3v) is 8.65. The van der Waals surface area contributed by atoms with Crippen LogP contribution >= 0.6 is 0 Å². The molecule has 0 aromatic heterocycles. The lowest BCUT2D eigenvalue weighted by Crippen LogP contribution is -2.40. The van der Waals surface area contributed by atoms with Crippen LogP contribution < -0.4 is 0 Å². The maximum Gasteiger partial charge on any atom is 0.222 e. The lowest BCUT2D eigenvalue weighted by atomic mass is 10.0. The molecule has 0 aliphatic heterocycles. The summed E-state index contributed by atoms with van der Waals surface area (Å²) < 4.78 is 5.69. The number of aliphatic hydroxyl groups is 3. The highest BCUT2D eigenvalue weighted by Crippen LogP contribution is 2.15. The van der Waals surface area contributed by atoms with Gasteiger partial charge in [-0.2, -0.15) is 0 Å². The van der Waals surface area contributed by atoms with E-state index in [-0.39, 0.29) is 32.2 Å². The molecule has 0 bridgehead atoms. The number of ether oxygens (including phenoxy) is 1. The molecule has 6 heteroatoms. The molecule has 6 nitrogen and oxygen atoms in total. The minimum Gasteiger partial charge on any atom is -0.396 e. The van der Waals surface area contributed by atoms with Gasteiger partial charge in [-0.05, 0) is 19.3 Å². The normalized spacial score (nSPS) is 12.2. The number of carbonyl (C=O) groups excluding carboxylic acids is 1. The van der Waals surface area contributed by atoms with E-state index in [0.29, 0.717) is 19.6 Å². The number of hydrogen-bond donors (Lipinski definition) is 3. The zero-order valence-electron chi connectivity index (χ0n) is 28.7. The largest absolute Gasteiger partial charge is 0.396 e. The highest BCUT2D eigenvalue weighted by Gasteiger charge is 2.17. The third kappa shape index (κ3) is 32.5. The highest BCUT2D eigenvalue weighted by molar-refractivity contribution is 5.76. The average Bonchev–Trinajstić information content (AvgIpc) is 3.00. The van der Waals surface area contributed by atoms with Gasteiger partial charge >= 0.3 is 0 Å². The summed E-state index contributed by atoms with van der Waals surface area (Å²) >= 11 is 0. The zero-order chi connectivity index (χ0) is 31.5. The van der Waals surface area contributed by atoms with Gasteiger partial charge in [0.05, 0.1) is 19.3 Å². The fraction of sp³-hybridized carbons (Fsp3) is 0.973. The predicted octanol–water partition coefficient (Wildman–Crippen LogP) is 9.12. The molecule has 0 aromatic rings. The van der Waals surface area contributed by atoms with E-state index >= 15 is 0 Å². The predicted molar refractivity (Wildman–Crippen MR) is 183 cm³/mol. The van der Waals surface area contributed by atoms with E-state index in [1.165, 1.54) is 141 Å². The second-order valence-electron chi connectivity index (χ2n) is 13.0. The molecule has 0 aromatic carbocycles. The van der Waals surface area contributed by atoms with Crippen LogP contribution in [-0.2, 0) is 9.53 Å². The number of amides is 1.